The van der Waals surface area contributed by atoms with E-state index in [1.807, 2.05) is 13.8 Å². The van der Waals surface area contributed by atoms with Gasteiger partial charge in [0.15, 0.2) is 5.13 Å². The topological polar surface area (TPSA) is 85.8 Å². The van der Waals surface area contributed by atoms with Gasteiger partial charge < -0.3 is 5.73 Å². The van der Waals surface area contributed by atoms with Gasteiger partial charge in [0.25, 0.3) is 5.91 Å². The number of amides is 1. The molecule has 2 aromatic heterocycles. The number of hydrogen-bond donors (Lipinski definition) is 2. The molecule has 0 bridgehead atoms. The van der Waals surface area contributed by atoms with E-state index in [2.05, 4.69) is 27.2 Å². The number of rotatable bonds is 3. The van der Waals surface area contributed by atoms with Crippen LogP contribution in [0.3, 0.4) is 0 Å². The standard InChI is InChI=1S/C13H15N5OS/c1-3-18-11(7-9(2)17-18)12(19)16-13-15-8-10(20-13)5-4-6-14/h7-8H,3,6,14H2,1-2H3,(H,15,16,19). The van der Waals surface area contributed by atoms with E-state index in [4.69, 9.17) is 5.73 Å². The van der Waals surface area contributed by atoms with Crippen LogP contribution in [0.5, 0.6) is 0 Å². The van der Waals surface area contributed by atoms with Gasteiger partial charge in [-0.25, -0.2) is 4.98 Å². The summed E-state index contributed by atoms with van der Waals surface area (Å²) >= 11 is 1.31. The van der Waals surface area contributed by atoms with Gasteiger partial charge in [0.2, 0.25) is 0 Å². The first kappa shape index (κ1) is 14.2. The summed E-state index contributed by atoms with van der Waals surface area (Å²) in [4.78, 5) is 17.0. The molecular weight excluding hydrogens is 274 g/mol. The molecule has 0 unspecified atom stereocenters. The van der Waals surface area contributed by atoms with Gasteiger partial charge in [-0.15, -0.1) is 0 Å². The number of thiazole rings is 1. The largest absolute Gasteiger partial charge is 0.320 e. The highest BCUT2D eigenvalue weighted by atomic mass is 32.1. The smallest absolute Gasteiger partial charge is 0.275 e. The van der Waals surface area contributed by atoms with Gasteiger partial charge >= 0.3 is 0 Å². The Morgan fingerprint density at radius 1 is 1.60 bits per heavy atom. The Morgan fingerprint density at radius 2 is 2.40 bits per heavy atom. The van der Waals surface area contributed by atoms with Gasteiger partial charge in [0.05, 0.1) is 23.3 Å². The van der Waals surface area contributed by atoms with Crippen molar-refractivity contribution in [2.24, 2.45) is 5.73 Å². The van der Waals surface area contributed by atoms with E-state index in [0.29, 0.717) is 23.9 Å². The average Bonchev–Trinajstić information content (AvgIpc) is 3.02. The number of hydrogen-bond acceptors (Lipinski definition) is 5. The van der Waals surface area contributed by atoms with Crippen LogP contribution in [0, 0.1) is 18.8 Å². The van der Waals surface area contributed by atoms with Gasteiger partial charge in [-0.1, -0.05) is 23.2 Å². The van der Waals surface area contributed by atoms with Crippen LogP contribution >= 0.6 is 11.3 Å². The quantitative estimate of drug-likeness (QED) is 0.832. The van der Waals surface area contributed by atoms with Crippen molar-refractivity contribution >= 4 is 22.4 Å². The third kappa shape index (κ3) is 3.23. The van der Waals surface area contributed by atoms with Crippen molar-refractivity contribution in [2.45, 2.75) is 20.4 Å². The van der Waals surface area contributed by atoms with Crippen LogP contribution in [0.2, 0.25) is 0 Å². The highest BCUT2D eigenvalue weighted by Gasteiger charge is 2.14. The predicted molar refractivity (Wildman–Crippen MR) is 78.6 cm³/mol. The fourth-order valence-corrected chi connectivity index (χ4v) is 2.34. The Bertz CT molecular complexity index is 676. The minimum Gasteiger partial charge on any atom is -0.320 e. The molecule has 0 spiro atoms. The van der Waals surface area contributed by atoms with Crippen LogP contribution in [-0.4, -0.2) is 27.2 Å². The molecule has 2 rings (SSSR count). The molecule has 0 aliphatic rings. The molecule has 6 nitrogen and oxygen atoms in total. The zero-order chi connectivity index (χ0) is 14.5. The van der Waals surface area contributed by atoms with E-state index < -0.39 is 0 Å². The summed E-state index contributed by atoms with van der Waals surface area (Å²) in [7, 11) is 0. The number of carbonyl (C=O) groups is 1. The maximum Gasteiger partial charge on any atom is 0.275 e. The number of nitrogens with zero attached hydrogens (tertiary/aromatic N) is 3. The molecule has 2 heterocycles. The molecule has 0 aliphatic heterocycles. The van der Waals surface area contributed by atoms with Crippen LogP contribution < -0.4 is 11.1 Å². The summed E-state index contributed by atoms with van der Waals surface area (Å²) in [6, 6.07) is 1.75. The molecule has 2 aromatic rings. The normalized spacial score (nSPS) is 9.95. The zero-order valence-corrected chi connectivity index (χ0v) is 12.1. The fourth-order valence-electron chi connectivity index (χ4n) is 1.66. The molecular formula is C13H15N5OS. The number of nitrogens with two attached hydrogens (primary N) is 1. The number of anilines is 1. The lowest BCUT2D eigenvalue weighted by atomic mass is 10.3. The summed E-state index contributed by atoms with van der Waals surface area (Å²) in [5.41, 5.74) is 6.64. The van der Waals surface area contributed by atoms with Crippen LogP contribution in [-0.2, 0) is 6.54 Å². The average molecular weight is 289 g/mol. The van der Waals surface area contributed by atoms with E-state index in [0.717, 1.165) is 10.6 Å². The van der Waals surface area contributed by atoms with Gasteiger partial charge in [-0.3, -0.25) is 14.8 Å². The third-order valence-corrected chi connectivity index (χ3v) is 3.30. The second kappa shape index (κ2) is 6.32. The second-order valence-corrected chi connectivity index (χ2v) is 5.01. The molecule has 3 N–H and O–H groups in total. The monoisotopic (exact) mass is 289 g/mol. The Hall–Kier alpha value is -2.17. The molecule has 0 aliphatic carbocycles. The predicted octanol–water partition coefficient (Wildman–Crippen LogP) is 1.23. The summed E-state index contributed by atoms with van der Waals surface area (Å²) in [6.07, 6.45) is 1.62. The first-order chi connectivity index (χ1) is 9.63. The molecule has 7 heteroatoms. The van der Waals surface area contributed by atoms with Crippen LogP contribution in [0.1, 0.15) is 28.0 Å². The minimum atomic E-state index is -0.222. The van der Waals surface area contributed by atoms with Crippen molar-refractivity contribution in [3.8, 4) is 11.8 Å². The third-order valence-electron chi connectivity index (χ3n) is 2.47. The lowest BCUT2D eigenvalue weighted by molar-refractivity contribution is 0.101. The Kier molecular flexibility index (Phi) is 4.50. The highest BCUT2D eigenvalue weighted by molar-refractivity contribution is 7.16. The summed E-state index contributed by atoms with van der Waals surface area (Å²) in [5.74, 6) is 5.40. The van der Waals surface area contributed by atoms with Crippen molar-refractivity contribution in [3.05, 3.63) is 28.5 Å². The van der Waals surface area contributed by atoms with E-state index in [9.17, 15) is 4.79 Å². The van der Waals surface area contributed by atoms with E-state index in [1.165, 1.54) is 11.3 Å². The number of aryl methyl sites for hydroxylation is 2. The number of nitrogens with one attached hydrogen (secondary N) is 1. The highest BCUT2D eigenvalue weighted by Crippen LogP contribution is 2.18. The Labute approximate surface area is 121 Å². The van der Waals surface area contributed by atoms with E-state index in [1.54, 1.807) is 16.9 Å². The molecule has 104 valence electrons. The molecule has 0 radical (unpaired) electrons. The van der Waals surface area contributed by atoms with Crippen molar-refractivity contribution in [2.75, 3.05) is 11.9 Å². The Morgan fingerprint density at radius 3 is 3.10 bits per heavy atom. The van der Waals surface area contributed by atoms with E-state index in [-0.39, 0.29) is 5.91 Å². The van der Waals surface area contributed by atoms with Gasteiger partial charge in [-0.05, 0) is 19.9 Å². The molecule has 0 fully saturated rings. The van der Waals surface area contributed by atoms with E-state index >= 15 is 0 Å². The van der Waals surface area contributed by atoms with Crippen LogP contribution in [0.4, 0.5) is 5.13 Å². The number of aromatic nitrogens is 3. The molecule has 0 aromatic carbocycles. The number of carbonyl (C=O) groups excluding carboxylic acids is 1. The van der Waals surface area contributed by atoms with Crippen LogP contribution in [0.25, 0.3) is 0 Å². The lowest BCUT2D eigenvalue weighted by Crippen LogP contribution is -2.17. The molecule has 0 saturated carbocycles. The minimum absolute atomic E-state index is 0.222. The summed E-state index contributed by atoms with van der Waals surface area (Å²) < 4.78 is 1.66. The van der Waals surface area contributed by atoms with Gasteiger partial charge in [0.1, 0.15) is 5.69 Å². The summed E-state index contributed by atoms with van der Waals surface area (Å²) in [6.45, 7) is 4.73. The molecule has 20 heavy (non-hydrogen) atoms. The maximum absolute atomic E-state index is 12.2. The Balaban J connectivity index is 2.13. The first-order valence-corrected chi connectivity index (χ1v) is 6.96. The van der Waals surface area contributed by atoms with Crippen molar-refractivity contribution in [3.63, 3.8) is 0 Å². The molecule has 0 atom stereocenters. The van der Waals surface area contributed by atoms with Crippen molar-refractivity contribution < 1.29 is 4.79 Å². The maximum atomic E-state index is 12.2. The van der Waals surface area contributed by atoms with Crippen molar-refractivity contribution in [1.82, 2.24) is 14.8 Å². The lowest BCUT2D eigenvalue weighted by Gasteiger charge is -2.03. The molecule has 1 amide bonds. The first-order valence-electron chi connectivity index (χ1n) is 6.14. The molecule has 0 saturated heterocycles. The summed E-state index contributed by atoms with van der Waals surface area (Å²) in [5, 5.41) is 7.50. The fraction of sp³-hybridized carbons (Fsp3) is 0.308. The zero-order valence-electron chi connectivity index (χ0n) is 11.3. The van der Waals surface area contributed by atoms with Gasteiger partial charge in [0, 0.05) is 6.54 Å². The van der Waals surface area contributed by atoms with Gasteiger partial charge in [-0.2, -0.15) is 5.10 Å². The van der Waals surface area contributed by atoms with Crippen LogP contribution in [0.15, 0.2) is 12.3 Å². The van der Waals surface area contributed by atoms with Crippen molar-refractivity contribution in [1.29, 1.82) is 0 Å². The SMILES string of the molecule is CCn1nc(C)cc1C(=O)Nc1ncc(C#CCN)s1. The second-order valence-electron chi connectivity index (χ2n) is 3.98.